The molecule has 0 amide bonds. The molecule has 3 aromatic rings. The number of H-pyrrole nitrogens is 1. The molecule has 0 aliphatic carbocycles. The summed E-state index contributed by atoms with van der Waals surface area (Å²) in [5.41, 5.74) is 2.29. The third-order valence-electron chi connectivity index (χ3n) is 2.34. The molecule has 0 atom stereocenters. The minimum Gasteiger partial charge on any atom is -0.506 e. The lowest BCUT2D eigenvalue weighted by Crippen LogP contribution is -1.82. The Balaban J connectivity index is 2.23. The van der Waals surface area contributed by atoms with Gasteiger partial charge in [-0.25, -0.2) is 4.98 Å². The lowest BCUT2D eigenvalue weighted by Gasteiger charge is -1.98. The van der Waals surface area contributed by atoms with Crippen molar-refractivity contribution >= 4 is 11.0 Å². The second kappa shape index (κ2) is 3.30. The highest BCUT2D eigenvalue weighted by molar-refractivity contribution is 5.79. The number of imidazole rings is 1. The molecule has 78 valence electrons. The summed E-state index contributed by atoms with van der Waals surface area (Å²) in [4.78, 5) is 15.3. The quantitative estimate of drug-likeness (QED) is 0.644. The maximum Gasteiger partial charge on any atom is 0.144 e. The number of aromatic hydroxyl groups is 1. The fraction of sp³-hybridized carbons (Fsp3) is 0. The van der Waals surface area contributed by atoms with Crippen LogP contribution in [0, 0.1) is 0 Å². The molecule has 3 rings (SSSR count). The molecule has 0 saturated carbocycles. The predicted octanol–water partition coefficient (Wildman–Crippen LogP) is 1.73. The molecule has 5 heteroatoms. The first kappa shape index (κ1) is 8.84. The van der Waals surface area contributed by atoms with Gasteiger partial charge in [0.2, 0.25) is 0 Å². The van der Waals surface area contributed by atoms with Gasteiger partial charge in [-0.05, 0) is 12.1 Å². The first-order chi connectivity index (χ1) is 7.84. The van der Waals surface area contributed by atoms with Crippen LogP contribution in [0.1, 0.15) is 0 Å². The van der Waals surface area contributed by atoms with E-state index in [0.717, 1.165) is 11.0 Å². The van der Waals surface area contributed by atoms with E-state index in [-0.39, 0.29) is 5.75 Å². The average molecular weight is 212 g/mol. The van der Waals surface area contributed by atoms with E-state index in [1.807, 2.05) is 6.07 Å². The van der Waals surface area contributed by atoms with Gasteiger partial charge in [0.05, 0.1) is 29.0 Å². The second-order valence-electron chi connectivity index (χ2n) is 3.37. The number of nitrogens with one attached hydrogen (secondary N) is 1. The summed E-state index contributed by atoms with van der Waals surface area (Å²) in [6, 6.07) is 3.52. The van der Waals surface area contributed by atoms with Gasteiger partial charge in [-0.15, -0.1) is 0 Å². The molecule has 0 aliphatic rings. The van der Waals surface area contributed by atoms with Crippen molar-refractivity contribution in [3.8, 4) is 17.1 Å². The van der Waals surface area contributed by atoms with Crippen LogP contribution in [0.5, 0.6) is 5.75 Å². The summed E-state index contributed by atoms with van der Waals surface area (Å²) in [5.74, 6) is 0.720. The third kappa shape index (κ3) is 1.30. The molecular formula is C11H8N4O. The molecule has 0 aromatic carbocycles. The van der Waals surface area contributed by atoms with Gasteiger partial charge in [0.1, 0.15) is 11.6 Å². The van der Waals surface area contributed by atoms with Crippen LogP contribution in [-0.4, -0.2) is 25.0 Å². The van der Waals surface area contributed by atoms with E-state index in [1.54, 1.807) is 24.7 Å². The van der Waals surface area contributed by atoms with E-state index in [0.29, 0.717) is 11.4 Å². The number of hydrogen-bond donors (Lipinski definition) is 2. The van der Waals surface area contributed by atoms with E-state index in [2.05, 4.69) is 19.9 Å². The van der Waals surface area contributed by atoms with E-state index in [9.17, 15) is 5.11 Å². The number of pyridine rings is 2. The Labute approximate surface area is 90.8 Å². The van der Waals surface area contributed by atoms with Gasteiger partial charge in [0.25, 0.3) is 0 Å². The van der Waals surface area contributed by atoms with Crippen LogP contribution in [0.4, 0.5) is 0 Å². The van der Waals surface area contributed by atoms with Gasteiger partial charge in [-0.2, -0.15) is 0 Å². The van der Waals surface area contributed by atoms with E-state index in [1.165, 1.54) is 6.20 Å². The van der Waals surface area contributed by atoms with Crippen molar-refractivity contribution in [2.75, 3.05) is 0 Å². The summed E-state index contributed by atoms with van der Waals surface area (Å²) in [6.45, 7) is 0. The van der Waals surface area contributed by atoms with Crippen LogP contribution in [0.2, 0.25) is 0 Å². The molecule has 3 heterocycles. The maximum atomic E-state index is 9.65. The Bertz CT molecular complexity index is 614. The normalized spacial score (nSPS) is 10.8. The Hall–Kier alpha value is -2.43. The molecule has 5 nitrogen and oxygen atoms in total. The van der Waals surface area contributed by atoms with Gasteiger partial charge in [0.15, 0.2) is 0 Å². The lowest BCUT2D eigenvalue weighted by atomic mass is 10.2. The van der Waals surface area contributed by atoms with Crippen molar-refractivity contribution in [2.45, 2.75) is 0 Å². The van der Waals surface area contributed by atoms with Gasteiger partial charge >= 0.3 is 0 Å². The highest BCUT2D eigenvalue weighted by Crippen LogP contribution is 2.26. The van der Waals surface area contributed by atoms with Crippen LogP contribution < -0.4 is 0 Å². The molecule has 0 spiro atoms. The van der Waals surface area contributed by atoms with Gasteiger partial charge in [-0.3, -0.25) is 9.97 Å². The fourth-order valence-electron chi connectivity index (χ4n) is 1.57. The summed E-state index contributed by atoms with van der Waals surface area (Å²) < 4.78 is 0. The summed E-state index contributed by atoms with van der Waals surface area (Å²) in [5, 5.41) is 9.65. The number of fused-ring (bicyclic) bond motifs is 1. The topological polar surface area (TPSA) is 74.7 Å². The minimum absolute atomic E-state index is 0.106. The highest BCUT2D eigenvalue weighted by atomic mass is 16.3. The maximum absolute atomic E-state index is 9.65. The number of aromatic amines is 1. The Morgan fingerprint density at radius 2 is 1.88 bits per heavy atom. The average Bonchev–Trinajstić information content (AvgIpc) is 2.73. The summed E-state index contributed by atoms with van der Waals surface area (Å²) in [7, 11) is 0. The molecule has 0 bridgehead atoms. The molecular weight excluding hydrogens is 204 g/mol. The molecule has 0 aliphatic heterocycles. The van der Waals surface area contributed by atoms with Crippen LogP contribution in [-0.2, 0) is 0 Å². The smallest absolute Gasteiger partial charge is 0.144 e. The molecule has 3 aromatic heterocycles. The molecule has 16 heavy (non-hydrogen) atoms. The monoisotopic (exact) mass is 212 g/mol. The number of nitrogens with zero attached hydrogens (tertiary/aromatic N) is 3. The fourth-order valence-corrected chi connectivity index (χ4v) is 1.57. The first-order valence-corrected chi connectivity index (χ1v) is 4.77. The summed E-state index contributed by atoms with van der Waals surface area (Å²) >= 11 is 0. The molecule has 0 saturated heterocycles. The molecule has 0 radical (unpaired) electrons. The van der Waals surface area contributed by atoms with Crippen LogP contribution in [0.15, 0.2) is 36.9 Å². The predicted molar refractivity (Wildman–Crippen MR) is 58.8 cm³/mol. The number of aromatic nitrogens is 4. The molecule has 0 fully saturated rings. The largest absolute Gasteiger partial charge is 0.506 e. The van der Waals surface area contributed by atoms with Crippen molar-refractivity contribution in [3.05, 3.63) is 36.9 Å². The van der Waals surface area contributed by atoms with Gasteiger partial charge in [0, 0.05) is 12.4 Å². The van der Waals surface area contributed by atoms with Crippen molar-refractivity contribution in [3.63, 3.8) is 0 Å². The van der Waals surface area contributed by atoms with Gasteiger partial charge < -0.3 is 10.1 Å². The van der Waals surface area contributed by atoms with E-state index < -0.39 is 0 Å². The SMILES string of the molecule is Oc1cnccc1-c1nc2ccncc2[nH]1. The number of rotatable bonds is 1. The Kier molecular flexibility index (Phi) is 1.83. The van der Waals surface area contributed by atoms with Crippen LogP contribution >= 0.6 is 0 Å². The Morgan fingerprint density at radius 3 is 2.69 bits per heavy atom. The molecule has 2 N–H and O–H groups in total. The highest BCUT2D eigenvalue weighted by Gasteiger charge is 2.08. The zero-order valence-corrected chi connectivity index (χ0v) is 8.25. The minimum atomic E-state index is 0.106. The summed E-state index contributed by atoms with van der Waals surface area (Å²) in [6.07, 6.45) is 6.38. The lowest BCUT2D eigenvalue weighted by molar-refractivity contribution is 0.474. The van der Waals surface area contributed by atoms with Crippen LogP contribution in [0.25, 0.3) is 22.4 Å². The third-order valence-corrected chi connectivity index (χ3v) is 2.34. The van der Waals surface area contributed by atoms with E-state index >= 15 is 0 Å². The first-order valence-electron chi connectivity index (χ1n) is 4.77. The van der Waals surface area contributed by atoms with Crippen molar-refractivity contribution in [1.82, 2.24) is 19.9 Å². The van der Waals surface area contributed by atoms with Gasteiger partial charge in [-0.1, -0.05) is 0 Å². The zero-order valence-electron chi connectivity index (χ0n) is 8.25. The van der Waals surface area contributed by atoms with Crippen molar-refractivity contribution in [2.24, 2.45) is 0 Å². The second-order valence-corrected chi connectivity index (χ2v) is 3.37. The molecule has 0 unspecified atom stereocenters. The van der Waals surface area contributed by atoms with Crippen LogP contribution in [0.3, 0.4) is 0 Å². The van der Waals surface area contributed by atoms with E-state index in [4.69, 9.17) is 0 Å². The Morgan fingerprint density at radius 1 is 1.06 bits per heavy atom. The van der Waals surface area contributed by atoms with Crippen molar-refractivity contribution < 1.29 is 5.11 Å². The van der Waals surface area contributed by atoms with Crippen molar-refractivity contribution in [1.29, 1.82) is 0 Å². The number of hydrogen-bond acceptors (Lipinski definition) is 4. The standard InChI is InChI=1S/C11H8N4O/c16-10-6-13-3-1-7(10)11-14-8-2-4-12-5-9(8)15-11/h1-6,16H,(H,14,15). The zero-order chi connectivity index (χ0) is 11.0.